The second-order valence-electron chi connectivity index (χ2n) is 10.8. The maximum Gasteiger partial charge on any atom is 0.410 e. The van der Waals surface area contributed by atoms with Gasteiger partial charge in [0, 0.05) is 31.7 Å². The molecule has 3 amide bonds. The molecular weight excluding hydrogens is 522 g/mol. The Morgan fingerprint density at radius 2 is 1.90 bits per heavy atom. The molecule has 0 aromatic carbocycles. The highest BCUT2D eigenvalue weighted by Crippen LogP contribution is 2.29. The van der Waals surface area contributed by atoms with Gasteiger partial charge < -0.3 is 35.2 Å². The van der Waals surface area contributed by atoms with Crippen LogP contribution in [0, 0.1) is 6.92 Å². The molecule has 5 heterocycles. The van der Waals surface area contributed by atoms with Crippen LogP contribution in [-0.4, -0.2) is 92.3 Å². The Morgan fingerprint density at radius 3 is 2.59 bits per heavy atom. The number of likely N-dealkylation sites (tertiary alicyclic amines) is 1. The molecule has 0 aliphatic carbocycles. The number of nitrogens with one attached hydrogen (secondary N) is 1. The molecule has 0 spiro atoms. The highest BCUT2D eigenvalue weighted by molar-refractivity contribution is 7.16. The van der Waals surface area contributed by atoms with Gasteiger partial charge in [0.2, 0.25) is 11.8 Å². The highest BCUT2D eigenvalue weighted by Gasteiger charge is 2.35. The zero-order chi connectivity index (χ0) is 27.9. The Hall–Kier alpha value is -3.94. The third-order valence-corrected chi connectivity index (χ3v) is 7.22. The Balaban J connectivity index is 1.14. The predicted octanol–water partition coefficient (Wildman–Crippen LogP) is 3.11. The van der Waals surface area contributed by atoms with Crippen LogP contribution in [0.1, 0.15) is 33.3 Å². The number of carbonyl (C=O) groups is 2. The van der Waals surface area contributed by atoms with Crippen molar-refractivity contribution in [2.24, 2.45) is 0 Å². The van der Waals surface area contributed by atoms with Crippen molar-refractivity contribution in [2.45, 2.75) is 52.4 Å². The second-order valence-corrected chi connectivity index (χ2v) is 11.6. The number of nitrogens with two attached hydrogens (primary N) is 1. The van der Waals surface area contributed by atoms with Gasteiger partial charge in [0.25, 0.3) is 0 Å². The van der Waals surface area contributed by atoms with E-state index in [1.165, 1.54) is 11.3 Å². The molecule has 0 saturated carbocycles. The van der Waals surface area contributed by atoms with E-state index < -0.39 is 5.60 Å². The molecule has 0 bridgehead atoms. The minimum Gasteiger partial charge on any atom is -0.471 e. The van der Waals surface area contributed by atoms with Gasteiger partial charge in [0.1, 0.15) is 17.2 Å². The van der Waals surface area contributed by atoms with Gasteiger partial charge in [-0.05, 0) is 40.2 Å². The summed E-state index contributed by atoms with van der Waals surface area (Å²) < 4.78 is 11.3. The minimum absolute atomic E-state index is 0.00131. The van der Waals surface area contributed by atoms with Crippen LogP contribution >= 0.6 is 11.3 Å². The predicted molar refractivity (Wildman–Crippen MR) is 148 cm³/mol. The Bertz CT molecular complexity index is 1390. The van der Waals surface area contributed by atoms with Gasteiger partial charge in [0.05, 0.1) is 30.5 Å². The molecule has 13 nitrogen and oxygen atoms in total. The smallest absolute Gasteiger partial charge is 0.410 e. The number of thiazole rings is 1. The lowest BCUT2D eigenvalue weighted by Gasteiger charge is -2.40. The first-order chi connectivity index (χ1) is 18.5. The van der Waals surface area contributed by atoms with Crippen molar-refractivity contribution < 1.29 is 19.1 Å². The molecule has 0 radical (unpaired) electrons. The number of nitrogens with zero attached hydrogens (tertiary/aromatic N) is 7. The average Bonchev–Trinajstić information content (AvgIpc) is 3.29. The molecule has 2 fully saturated rings. The van der Waals surface area contributed by atoms with Crippen LogP contribution in [0.3, 0.4) is 0 Å². The summed E-state index contributed by atoms with van der Waals surface area (Å²) in [6, 6.07) is 1.58. The molecule has 1 atom stereocenters. The average molecular weight is 556 g/mol. The number of piperazine rings is 1. The first-order valence-electron chi connectivity index (χ1n) is 12.8. The number of amides is 3. The van der Waals surface area contributed by atoms with Crippen molar-refractivity contribution in [1.82, 2.24) is 29.7 Å². The van der Waals surface area contributed by atoms with E-state index in [2.05, 4.69) is 30.2 Å². The number of carbonyl (C=O) groups excluding carboxylic acids is 2. The summed E-state index contributed by atoms with van der Waals surface area (Å²) in [5.41, 5.74) is 9.27. The first kappa shape index (κ1) is 26.7. The van der Waals surface area contributed by atoms with Crippen molar-refractivity contribution in [3.8, 4) is 5.88 Å². The molecule has 3 aromatic heterocycles. The number of anilines is 3. The van der Waals surface area contributed by atoms with Crippen LogP contribution in [0.5, 0.6) is 5.88 Å². The largest absolute Gasteiger partial charge is 0.471 e. The molecule has 14 heteroatoms. The molecule has 5 rings (SSSR count). The number of nitrogen functional groups attached to an aromatic ring is 1. The van der Waals surface area contributed by atoms with E-state index in [0.29, 0.717) is 50.1 Å². The van der Waals surface area contributed by atoms with Gasteiger partial charge in [-0.2, -0.15) is 4.98 Å². The monoisotopic (exact) mass is 555 g/mol. The van der Waals surface area contributed by atoms with Gasteiger partial charge in [-0.25, -0.2) is 24.5 Å². The van der Waals surface area contributed by atoms with Crippen LogP contribution in [0.4, 0.5) is 27.0 Å². The number of aromatic nitrogens is 4. The quantitative estimate of drug-likeness (QED) is 0.491. The lowest BCUT2D eigenvalue weighted by molar-refractivity contribution is -0.0232. The van der Waals surface area contributed by atoms with Crippen molar-refractivity contribution >= 4 is 51.3 Å². The number of hydrogen-bond donors (Lipinski definition) is 2. The summed E-state index contributed by atoms with van der Waals surface area (Å²) in [4.78, 5) is 48.9. The van der Waals surface area contributed by atoms with Crippen LogP contribution in [-0.2, 0) is 4.74 Å². The molecule has 2 saturated heterocycles. The number of urea groups is 1. The number of aryl methyl sites for hydroxylation is 1. The van der Waals surface area contributed by atoms with E-state index in [9.17, 15) is 9.59 Å². The van der Waals surface area contributed by atoms with Crippen molar-refractivity contribution in [1.29, 1.82) is 0 Å². The number of ether oxygens (including phenoxy) is 2. The molecule has 2 aliphatic heterocycles. The van der Waals surface area contributed by atoms with Gasteiger partial charge in [-0.1, -0.05) is 0 Å². The van der Waals surface area contributed by atoms with E-state index in [1.54, 1.807) is 27.6 Å². The van der Waals surface area contributed by atoms with Crippen molar-refractivity contribution in [2.75, 3.05) is 48.7 Å². The summed E-state index contributed by atoms with van der Waals surface area (Å²) in [6.45, 7) is 11.9. The fourth-order valence-electron chi connectivity index (χ4n) is 4.50. The Morgan fingerprint density at radius 1 is 1.13 bits per heavy atom. The summed E-state index contributed by atoms with van der Waals surface area (Å²) in [7, 11) is 0. The Labute approximate surface area is 230 Å². The third kappa shape index (κ3) is 5.90. The van der Waals surface area contributed by atoms with Gasteiger partial charge in [-0.15, -0.1) is 11.3 Å². The fraction of sp³-hybridized carbons (Fsp3) is 0.520. The first-order valence-corrected chi connectivity index (χ1v) is 13.7. The van der Waals surface area contributed by atoms with Crippen LogP contribution in [0.15, 0.2) is 17.8 Å². The fourth-order valence-corrected chi connectivity index (χ4v) is 5.16. The van der Waals surface area contributed by atoms with Crippen LogP contribution < -0.4 is 20.7 Å². The van der Waals surface area contributed by atoms with E-state index in [1.807, 2.05) is 34.6 Å². The molecule has 3 N–H and O–H groups in total. The highest BCUT2D eigenvalue weighted by atomic mass is 32.1. The van der Waals surface area contributed by atoms with Gasteiger partial charge >= 0.3 is 12.1 Å². The maximum absolute atomic E-state index is 13.1. The normalized spacial score (nSPS) is 18.2. The Kier molecular flexibility index (Phi) is 7.05. The number of pyridine rings is 1. The lowest BCUT2D eigenvalue weighted by Crippen LogP contribution is -2.57. The number of rotatable bonds is 4. The molecular formula is C25H33N9O4S. The van der Waals surface area contributed by atoms with Crippen molar-refractivity contribution in [3.63, 3.8) is 0 Å². The van der Waals surface area contributed by atoms with Gasteiger partial charge in [-0.3, -0.25) is 0 Å². The summed E-state index contributed by atoms with van der Waals surface area (Å²) >= 11 is 1.42. The number of fused-ring (bicyclic) bond motifs is 1. The third-order valence-electron chi connectivity index (χ3n) is 6.50. The van der Waals surface area contributed by atoms with E-state index in [0.717, 1.165) is 15.9 Å². The second kappa shape index (κ2) is 10.3. The molecule has 39 heavy (non-hydrogen) atoms. The summed E-state index contributed by atoms with van der Waals surface area (Å²) in [5, 5.41) is 2.97. The standard InChI is InChI=1S/C25H33N9O4S/c1-14-8-18(37-16-11-33(12-16)24(36)38-25(3,4)5)27-9-17(14)29-23(35)32-6-7-34(15(2)10-32)20-19-21(39-13-28-19)31-22(26)30-20/h8-9,13,15-16H,6-7,10-12H2,1-5H3,(H,29,35)(H2,26,30,31)/t15-/m0/s1. The van der Waals surface area contributed by atoms with Crippen LogP contribution in [0.25, 0.3) is 10.3 Å². The summed E-state index contributed by atoms with van der Waals surface area (Å²) in [6.07, 6.45) is 1.09. The molecule has 2 aliphatic rings. The van der Waals surface area contributed by atoms with Crippen molar-refractivity contribution in [3.05, 3.63) is 23.3 Å². The molecule has 3 aromatic rings. The zero-order valence-electron chi connectivity index (χ0n) is 22.7. The summed E-state index contributed by atoms with van der Waals surface area (Å²) in [5.74, 6) is 1.35. The van der Waals surface area contributed by atoms with E-state index in [-0.39, 0.29) is 30.2 Å². The number of hydrogen-bond acceptors (Lipinski definition) is 11. The SMILES string of the molecule is Cc1cc(OC2CN(C(=O)OC(C)(C)C)C2)ncc1NC(=O)N1CCN(c2nc(N)nc3scnc23)[C@@H](C)C1. The van der Waals surface area contributed by atoms with E-state index in [4.69, 9.17) is 15.2 Å². The van der Waals surface area contributed by atoms with Gasteiger partial charge in [0.15, 0.2) is 10.6 Å². The molecule has 0 unspecified atom stereocenters. The maximum atomic E-state index is 13.1. The molecule has 208 valence electrons. The van der Waals surface area contributed by atoms with E-state index >= 15 is 0 Å². The lowest BCUT2D eigenvalue weighted by atomic mass is 10.1. The zero-order valence-corrected chi connectivity index (χ0v) is 23.5. The topological polar surface area (TPSA) is 152 Å². The minimum atomic E-state index is -0.534. The van der Waals surface area contributed by atoms with Crippen LogP contribution in [0.2, 0.25) is 0 Å².